The smallest absolute Gasteiger partial charge is 0.497 e. The number of pyridine rings is 1. The van der Waals surface area contributed by atoms with Crippen LogP contribution in [-0.2, 0) is 9.31 Å². The van der Waals surface area contributed by atoms with Crippen LogP contribution in [0.3, 0.4) is 0 Å². The van der Waals surface area contributed by atoms with Crippen molar-refractivity contribution in [1.29, 1.82) is 0 Å². The molecule has 1 N–H and O–H groups in total. The summed E-state index contributed by atoms with van der Waals surface area (Å²) in [4.78, 5) is 4.31. The van der Waals surface area contributed by atoms with Gasteiger partial charge in [-0.1, -0.05) is 18.2 Å². The van der Waals surface area contributed by atoms with Gasteiger partial charge in [-0.3, -0.25) is 4.98 Å². The molecule has 0 spiro atoms. The summed E-state index contributed by atoms with van der Waals surface area (Å²) in [6, 6.07) is 7.48. The van der Waals surface area contributed by atoms with Crippen LogP contribution in [0.5, 0.6) is 5.75 Å². The van der Waals surface area contributed by atoms with Gasteiger partial charge in [0.1, 0.15) is 5.75 Å². The minimum Gasteiger partial charge on any atom is -0.506 e. The maximum absolute atomic E-state index is 9.53. The van der Waals surface area contributed by atoms with Gasteiger partial charge in [0.05, 0.1) is 22.9 Å². The number of aromatic hydroxyl groups is 1. The average molecular weight is 271 g/mol. The molecule has 0 aliphatic carbocycles. The quantitative estimate of drug-likeness (QED) is 0.808. The highest BCUT2D eigenvalue weighted by molar-refractivity contribution is 6.64. The van der Waals surface area contributed by atoms with Gasteiger partial charge in [0.2, 0.25) is 0 Å². The van der Waals surface area contributed by atoms with Crippen LogP contribution in [0.4, 0.5) is 0 Å². The molecule has 1 saturated heterocycles. The number of hydrogen-bond donors (Lipinski definition) is 1. The zero-order valence-electron chi connectivity index (χ0n) is 12.2. The summed E-state index contributed by atoms with van der Waals surface area (Å²) in [7, 11) is -0.444. The minimum absolute atomic E-state index is 0.156. The molecule has 0 atom stereocenters. The first-order chi connectivity index (χ1) is 9.30. The van der Waals surface area contributed by atoms with Crippen LogP contribution in [0.15, 0.2) is 30.5 Å². The summed E-state index contributed by atoms with van der Waals surface area (Å²) in [6.07, 6.45) is 1.44. The lowest BCUT2D eigenvalue weighted by atomic mass is 9.77. The van der Waals surface area contributed by atoms with Gasteiger partial charge in [0, 0.05) is 10.8 Å². The molecule has 20 heavy (non-hydrogen) atoms. The second-order valence-corrected chi connectivity index (χ2v) is 6.20. The number of benzene rings is 1. The number of fused-ring (bicyclic) bond motifs is 1. The summed E-state index contributed by atoms with van der Waals surface area (Å²) < 4.78 is 12.1. The molecule has 0 amide bonds. The third-order valence-corrected chi connectivity index (χ3v) is 4.23. The van der Waals surface area contributed by atoms with Gasteiger partial charge in [0.25, 0.3) is 0 Å². The van der Waals surface area contributed by atoms with Crippen molar-refractivity contribution < 1.29 is 14.4 Å². The molecule has 0 saturated carbocycles. The molecule has 1 aliphatic heterocycles. The van der Waals surface area contributed by atoms with E-state index in [1.807, 2.05) is 45.9 Å². The molecule has 2 heterocycles. The Hall–Kier alpha value is -1.59. The van der Waals surface area contributed by atoms with Crippen molar-refractivity contribution in [3.8, 4) is 5.75 Å². The SMILES string of the molecule is CC1(C)OB(c2cccc3cc(O)cnc23)OC1(C)C. The number of aromatic nitrogens is 1. The second-order valence-electron chi connectivity index (χ2n) is 6.20. The fourth-order valence-corrected chi connectivity index (χ4v) is 2.33. The van der Waals surface area contributed by atoms with Crippen LogP contribution in [0.1, 0.15) is 27.7 Å². The normalized spacial score (nSPS) is 20.5. The lowest BCUT2D eigenvalue weighted by Gasteiger charge is -2.32. The van der Waals surface area contributed by atoms with E-state index in [2.05, 4.69) is 4.98 Å². The van der Waals surface area contributed by atoms with Gasteiger partial charge in [-0.05, 0) is 33.8 Å². The number of rotatable bonds is 1. The highest BCUT2D eigenvalue weighted by Gasteiger charge is 2.52. The fraction of sp³-hybridized carbons (Fsp3) is 0.400. The summed E-state index contributed by atoms with van der Waals surface area (Å²) in [6.45, 7) is 8.10. The van der Waals surface area contributed by atoms with Crippen LogP contribution >= 0.6 is 0 Å². The molecule has 0 unspecified atom stereocenters. The van der Waals surface area contributed by atoms with E-state index in [0.29, 0.717) is 0 Å². The highest BCUT2D eigenvalue weighted by Crippen LogP contribution is 2.36. The van der Waals surface area contributed by atoms with Crippen molar-refractivity contribution in [2.45, 2.75) is 38.9 Å². The van der Waals surface area contributed by atoms with E-state index >= 15 is 0 Å². The Morgan fingerprint density at radius 2 is 1.75 bits per heavy atom. The molecule has 104 valence electrons. The van der Waals surface area contributed by atoms with E-state index in [1.54, 1.807) is 6.07 Å². The number of para-hydroxylation sites is 1. The first-order valence-electron chi connectivity index (χ1n) is 6.73. The lowest BCUT2D eigenvalue weighted by molar-refractivity contribution is 0.00578. The Bertz CT molecular complexity index is 653. The van der Waals surface area contributed by atoms with Gasteiger partial charge in [-0.2, -0.15) is 0 Å². The van der Waals surface area contributed by atoms with Crippen LogP contribution in [0.2, 0.25) is 0 Å². The molecule has 1 aliphatic rings. The monoisotopic (exact) mass is 271 g/mol. The van der Waals surface area contributed by atoms with Gasteiger partial charge in [-0.15, -0.1) is 0 Å². The van der Waals surface area contributed by atoms with E-state index in [0.717, 1.165) is 16.4 Å². The largest absolute Gasteiger partial charge is 0.506 e. The van der Waals surface area contributed by atoms with E-state index in [9.17, 15) is 5.11 Å². The van der Waals surface area contributed by atoms with Crippen LogP contribution in [0, 0.1) is 0 Å². The molecule has 1 aromatic carbocycles. The molecule has 4 nitrogen and oxygen atoms in total. The highest BCUT2D eigenvalue weighted by atomic mass is 16.7. The molecule has 5 heteroatoms. The van der Waals surface area contributed by atoms with Crippen molar-refractivity contribution in [2.75, 3.05) is 0 Å². The van der Waals surface area contributed by atoms with Crippen LogP contribution in [-0.4, -0.2) is 28.4 Å². The van der Waals surface area contributed by atoms with Crippen molar-refractivity contribution in [3.05, 3.63) is 30.5 Å². The second kappa shape index (κ2) is 4.20. The zero-order valence-corrected chi connectivity index (χ0v) is 12.2. The summed E-state index contributed by atoms with van der Waals surface area (Å²) in [5, 5.41) is 10.4. The Balaban J connectivity index is 2.08. The average Bonchev–Trinajstić information content (AvgIpc) is 2.57. The Labute approximate surface area is 118 Å². The minimum atomic E-state index is -0.444. The zero-order chi connectivity index (χ0) is 14.5. The molecule has 1 fully saturated rings. The van der Waals surface area contributed by atoms with Gasteiger partial charge >= 0.3 is 7.12 Å². The van der Waals surface area contributed by atoms with Crippen LogP contribution < -0.4 is 5.46 Å². The van der Waals surface area contributed by atoms with E-state index < -0.39 is 7.12 Å². The summed E-state index contributed by atoms with van der Waals surface area (Å²) in [5.41, 5.74) is 0.929. The predicted octanol–water partition coefficient (Wildman–Crippen LogP) is 2.24. The predicted molar refractivity (Wildman–Crippen MR) is 79.1 cm³/mol. The first-order valence-corrected chi connectivity index (χ1v) is 6.73. The Kier molecular flexibility index (Phi) is 2.82. The Morgan fingerprint density at radius 3 is 2.40 bits per heavy atom. The first kappa shape index (κ1) is 13.4. The standard InChI is InChI=1S/C15H18BNO3/c1-14(2)15(3,4)20-16(19-14)12-7-5-6-10-8-11(18)9-17-13(10)12/h5-9,18H,1-4H3. The third kappa shape index (κ3) is 1.98. The molecular formula is C15H18BNO3. The van der Waals surface area contributed by atoms with Gasteiger partial charge in [-0.25, -0.2) is 0 Å². The lowest BCUT2D eigenvalue weighted by Crippen LogP contribution is -2.41. The maximum atomic E-state index is 9.53. The molecule has 0 radical (unpaired) electrons. The topological polar surface area (TPSA) is 51.6 Å². The maximum Gasteiger partial charge on any atom is 0.497 e. The Morgan fingerprint density at radius 1 is 1.10 bits per heavy atom. The van der Waals surface area contributed by atoms with Gasteiger partial charge < -0.3 is 14.4 Å². The van der Waals surface area contributed by atoms with Crippen molar-refractivity contribution in [1.82, 2.24) is 4.98 Å². The van der Waals surface area contributed by atoms with Crippen molar-refractivity contribution >= 4 is 23.5 Å². The molecular weight excluding hydrogens is 253 g/mol. The molecule has 0 bridgehead atoms. The molecule has 1 aromatic heterocycles. The van der Waals surface area contributed by atoms with E-state index in [4.69, 9.17) is 9.31 Å². The fourth-order valence-electron chi connectivity index (χ4n) is 2.33. The van der Waals surface area contributed by atoms with E-state index in [1.165, 1.54) is 6.20 Å². The number of hydrogen-bond acceptors (Lipinski definition) is 4. The summed E-state index contributed by atoms with van der Waals surface area (Å²) in [5.74, 6) is 0.156. The van der Waals surface area contributed by atoms with Gasteiger partial charge in [0.15, 0.2) is 0 Å². The van der Waals surface area contributed by atoms with Crippen molar-refractivity contribution in [2.24, 2.45) is 0 Å². The number of nitrogens with zero attached hydrogens (tertiary/aromatic N) is 1. The van der Waals surface area contributed by atoms with E-state index in [-0.39, 0.29) is 17.0 Å². The van der Waals surface area contributed by atoms with Crippen LogP contribution in [0.25, 0.3) is 10.9 Å². The third-order valence-electron chi connectivity index (χ3n) is 4.23. The summed E-state index contributed by atoms with van der Waals surface area (Å²) >= 11 is 0. The molecule has 2 aromatic rings. The molecule has 3 rings (SSSR count). The van der Waals surface area contributed by atoms with Crippen molar-refractivity contribution in [3.63, 3.8) is 0 Å².